The number of rotatable bonds is 5. The van der Waals surface area contributed by atoms with Crippen LogP contribution in [0, 0.1) is 0 Å². The molecule has 2 atom stereocenters. The third-order valence-electron chi connectivity index (χ3n) is 3.61. The number of benzene rings is 1. The predicted molar refractivity (Wildman–Crippen MR) is 74.1 cm³/mol. The van der Waals surface area contributed by atoms with Crippen LogP contribution in [-0.4, -0.2) is 22.8 Å². The molecule has 5 nitrogen and oxygen atoms in total. The Bertz CT molecular complexity index is 541. The third kappa shape index (κ3) is 3.05. The molecule has 2 aromatic rings. The second-order valence-corrected chi connectivity index (χ2v) is 5.09. The lowest BCUT2D eigenvalue weighted by Gasteiger charge is -2.07. The third-order valence-corrected chi connectivity index (χ3v) is 3.61. The molecule has 0 saturated carbocycles. The largest absolute Gasteiger partial charge is 0.364 e. The maximum absolute atomic E-state index is 5.75. The first-order chi connectivity index (χ1) is 9.85. The Hall–Kier alpha value is -1.72. The monoisotopic (exact) mass is 273 g/mol. The molecule has 1 aromatic carbocycles. The summed E-state index contributed by atoms with van der Waals surface area (Å²) < 4.78 is 11.1. The van der Waals surface area contributed by atoms with Crippen LogP contribution in [0.4, 0.5) is 0 Å². The van der Waals surface area contributed by atoms with Crippen LogP contribution in [0.2, 0.25) is 0 Å². The lowest BCUT2D eigenvalue weighted by Crippen LogP contribution is -2.18. The summed E-state index contributed by atoms with van der Waals surface area (Å²) in [6, 6.07) is 10.3. The van der Waals surface area contributed by atoms with E-state index in [1.54, 1.807) is 0 Å². The Morgan fingerprint density at radius 3 is 2.75 bits per heavy atom. The highest BCUT2D eigenvalue weighted by Gasteiger charge is 2.29. The van der Waals surface area contributed by atoms with E-state index in [2.05, 4.69) is 22.3 Å². The first-order valence-corrected chi connectivity index (χ1v) is 7.07. The van der Waals surface area contributed by atoms with E-state index in [-0.39, 0.29) is 12.2 Å². The molecule has 2 heterocycles. The summed E-state index contributed by atoms with van der Waals surface area (Å²) in [5.74, 6) is 1.33. The molecule has 0 radical (unpaired) electrons. The Labute approximate surface area is 118 Å². The van der Waals surface area contributed by atoms with Crippen molar-refractivity contribution in [3.63, 3.8) is 0 Å². The van der Waals surface area contributed by atoms with E-state index in [4.69, 9.17) is 15.0 Å². The second kappa shape index (κ2) is 6.15. The second-order valence-electron chi connectivity index (χ2n) is 5.09. The Kier molecular flexibility index (Phi) is 4.08. The van der Waals surface area contributed by atoms with Crippen LogP contribution in [0.15, 0.2) is 34.9 Å². The van der Waals surface area contributed by atoms with Crippen molar-refractivity contribution in [2.24, 2.45) is 5.73 Å². The number of nitrogens with two attached hydrogens (primary N) is 1. The van der Waals surface area contributed by atoms with E-state index in [1.807, 2.05) is 18.2 Å². The van der Waals surface area contributed by atoms with Crippen LogP contribution in [0.1, 0.15) is 36.2 Å². The lowest BCUT2D eigenvalue weighted by atomic mass is 10.1. The van der Waals surface area contributed by atoms with Crippen LogP contribution < -0.4 is 5.73 Å². The standard InChI is InChI=1S/C15H19N3O2/c16-10-12-7-8-13(19-12)15-17-14(18-20-15)9-6-11-4-2-1-3-5-11/h1-5,12-13H,6-10,16H2/t12-,13+/m1/s1. The maximum Gasteiger partial charge on any atom is 0.255 e. The lowest BCUT2D eigenvalue weighted by molar-refractivity contribution is 0.0307. The minimum absolute atomic E-state index is 0.0819. The molecule has 0 bridgehead atoms. The number of hydrogen-bond acceptors (Lipinski definition) is 5. The van der Waals surface area contributed by atoms with Gasteiger partial charge in [-0.3, -0.25) is 0 Å². The maximum atomic E-state index is 5.75. The fourth-order valence-corrected chi connectivity index (χ4v) is 2.46. The van der Waals surface area contributed by atoms with E-state index < -0.39 is 0 Å². The molecular weight excluding hydrogens is 254 g/mol. The molecule has 5 heteroatoms. The van der Waals surface area contributed by atoms with E-state index in [0.29, 0.717) is 12.4 Å². The van der Waals surface area contributed by atoms with Gasteiger partial charge in [0.1, 0.15) is 6.10 Å². The number of ether oxygens (including phenoxy) is 1. The number of aromatic nitrogens is 2. The molecule has 1 aliphatic heterocycles. The molecule has 20 heavy (non-hydrogen) atoms. The fourth-order valence-electron chi connectivity index (χ4n) is 2.46. The minimum Gasteiger partial charge on any atom is -0.364 e. The number of aryl methyl sites for hydroxylation is 2. The first kappa shape index (κ1) is 13.3. The number of hydrogen-bond donors (Lipinski definition) is 1. The van der Waals surface area contributed by atoms with Gasteiger partial charge in [0.2, 0.25) is 0 Å². The van der Waals surface area contributed by atoms with Crippen LogP contribution in [0.25, 0.3) is 0 Å². The molecule has 0 amide bonds. The SMILES string of the molecule is NC[C@H]1CC[C@@H](c2nc(CCc3ccccc3)no2)O1. The molecule has 0 aliphatic carbocycles. The first-order valence-electron chi connectivity index (χ1n) is 7.07. The van der Waals surface area contributed by atoms with Gasteiger partial charge in [0.05, 0.1) is 6.10 Å². The van der Waals surface area contributed by atoms with Crippen molar-refractivity contribution in [1.82, 2.24) is 10.1 Å². The van der Waals surface area contributed by atoms with Gasteiger partial charge in [0, 0.05) is 13.0 Å². The molecule has 0 unspecified atom stereocenters. The Balaban J connectivity index is 1.57. The van der Waals surface area contributed by atoms with Crippen LogP contribution in [0.3, 0.4) is 0 Å². The van der Waals surface area contributed by atoms with Gasteiger partial charge < -0.3 is 15.0 Å². The zero-order valence-electron chi connectivity index (χ0n) is 11.4. The molecule has 1 aromatic heterocycles. The summed E-state index contributed by atoms with van der Waals surface area (Å²) in [6.07, 6.45) is 3.60. The molecule has 1 fully saturated rings. The summed E-state index contributed by atoms with van der Waals surface area (Å²) in [7, 11) is 0. The summed E-state index contributed by atoms with van der Waals surface area (Å²) in [4.78, 5) is 4.43. The van der Waals surface area contributed by atoms with E-state index in [1.165, 1.54) is 5.56 Å². The minimum atomic E-state index is -0.0819. The van der Waals surface area contributed by atoms with E-state index in [9.17, 15) is 0 Å². The van der Waals surface area contributed by atoms with Gasteiger partial charge in [-0.2, -0.15) is 4.98 Å². The van der Waals surface area contributed by atoms with Crippen molar-refractivity contribution in [2.45, 2.75) is 37.9 Å². The molecule has 0 spiro atoms. The van der Waals surface area contributed by atoms with Crippen molar-refractivity contribution < 1.29 is 9.26 Å². The Morgan fingerprint density at radius 2 is 2.00 bits per heavy atom. The summed E-state index contributed by atoms with van der Waals surface area (Å²) >= 11 is 0. The smallest absolute Gasteiger partial charge is 0.255 e. The van der Waals surface area contributed by atoms with Crippen molar-refractivity contribution in [3.8, 4) is 0 Å². The molecule has 1 aliphatic rings. The van der Waals surface area contributed by atoms with Crippen molar-refractivity contribution in [3.05, 3.63) is 47.6 Å². The van der Waals surface area contributed by atoms with Crippen molar-refractivity contribution in [2.75, 3.05) is 6.54 Å². The molecular formula is C15H19N3O2. The van der Waals surface area contributed by atoms with E-state index >= 15 is 0 Å². The normalized spacial score (nSPS) is 22.2. The van der Waals surface area contributed by atoms with Gasteiger partial charge in [0.25, 0.3) is 5.89 Å². The van der Waals surface area contributed by atoms with Crippen molar-refractivity contribution in [1.29, 1.82) is 0 Å². The van der Waals surface area contributed by atoms with Gasteiger partial charge in [-0.1, -0.05) is 35.5 Å². The summed E-state index contributed by atoms with van der Waals surface area (Å²) in [6.45, 7) is 0.547. The van der Waals surface area contributed by atoms with E-state index in [0.717, 1.165) is 31.5 Å². The zero-order valence-corrected chi connectivity index (χ0v) is 11.4. The van der Waals surface area contributed by atoms with Crippen LogP contribution in [0.5, 0.6) is 0 Å². The highest BCUT2D eigenvalue weighted by atomic mass is 16.5. The fraction of sp³-hybridized carbons (Fsp3) is 0.467. The zero-order chi connectivity index (χ0) is 13.8. The summed E-state index contributed by atoms with van der Waals surface area (Å²) in [5, 5.41) is 4.03. The average Bonchev–Trinajstić information content (AvgIpc) is 3.15. The van der Waals surface area contributed by atoms with Gasteiger partial charge in [-0.15, -0.1) is 0 Å². The van der Waals surface area contributed by atoms with Gasteiger partial charge in [-0.25, -0.2) is 0 Å². The molecule has 3 rings (SSSR count). The van der Waals surface area contributed by atoms with Gasteiger partial charge in [0.15, 0.2) is 5.82 Å². The van der Waals surface area contributed by atoms with Gasteiger partial charge in [-0.05, 0) is 24.8 Å². The predicted octanol–water partition coefficient (Wildman–Crippen LogP) is 2.03. The molecule has 2 N–H and O–H groups in total. The van der Waals surface area contributed by atoms with Crippen LogP contribution >= 0.6 is 0 Å². The topological polar surface area (TPSA) is 74.2 Å². The average molecular weight is 273 g/mol. The molecule has 106 valence electrons. The quantitative estimate of drug-likeness (QED) is 0.902. The Morgan fingerprint density at radius 1 is 1.15 bits per heavy atom. The molecule has 1 saturated heterocycles. The highest BCUT2D eigenvalue weighted by Crippen LogP contribution is 2.31. The van der Waals surface area contributed by atoms with Gasteiger partial charge >= 0.3 is 0 Å². The summed E-state index contributed by atoms with van der Waals surface area (Å²) in [5.41, 5.74) is 6.88. The van der Waals surface area contributed by atoms with Crippen molar-refractivity contribution >= 4 is 0 Å². The van der Waals surface area contributed by atoms with Crippen LogP contribution in [-0.2, 0) is 17.6 Å². The number of nitrogens with zero attached hydrogens (tertiary/aromatic N) is 2. The highest BCUT2D eigenvalue weighted by molar-refractivity contribution is 5.15.